The highest BCUT2D eigenvalue weighted by Crippen LogP contribution is 2.34. The van der Waals surface area contributed by atoms with Gasteiger partial charge >= 0.3 is 0 Å². The summed E-state index contributed by atoms with van der Waals surface area (Å²) in [6.07, 6.45) is 4.31. The number of aliphatic hydroxyl groups excluding tert-OH is 1. The van der Waals surface area contributed by atoms with E-state index in [0.717, 1.165) is 24.4 Å². The van der Waals surface area contributed by atoms with Crippen molar-refractivity contribution in [2.45, 2.75) is 50.7 Å². The second kappa shape index (κ2) is 7.41. The number of likely N-dealkylation sites (tertiary alicyclic amines) is 1. The van der Waals surface area contributed by atoms with E-state index in [1.165, 1.54) is 18.4 Å². The maximum atomic E-state index is 9.05. The Morgan fingerprint density at radius 2 is 2.30 bits per heavy atom. The molecule has 3 unspecified atom stereocenters. The summed E-state index contributed by atoms with van der Waals surface area (Å²) in [6.45, 7) is 3.41. The van der Waals surface area contributed by atoms with Gasteiger partial charge in [-0.2, -0.15) is 0 Å². The van der Waals surface area contributed by atoms with Crippen molar-refractivity contribution in [2.75, 3.05) is 13.2 Å². The number of benzene rings is 1. The highest BCUT2D eigenvalue weighted by molar-refractivity contribution is 6.30. The van der Waals surface area contributed by atoms with Gasteiger partial charge in [0.1, 0.15) is 0 Å². The molecule has 1 fully saturated rings. The predicted molar refractivity (Wildman–Crippen MR) is 83.9 cm³/mol. The summed E-state index contributed by atoms with van der Waals surface area (Å²) < 4.78 is 0. The summed E-state index contributed by atoms with van der Waals surface area (Å²) in [7, 11) is 0. The van der Waals surface area contributed by atoms with Crippen molar-refractivity contribution in [2.24, 2.45) is 5.73 Å². The fraction of sp³-hybridized carbons (Fsp3) is 0.625. The standard InChI is InChI=1S/C16H25ClN2O/c1-12(18)16(13-5-2-6-14(17)11-13)19-9-3-7-15(19)8-4-10-20/h2,5-6,11-12,15-16,20H,3-4,7-10,18H2,1H3. The first-order chi connectivity index (χ1) is 9.63. The van der Waals surface area contributed by atoms with Crippen LogP contribution in [0.1, 0.15) is 44.2 Å². The molecule has 0 saturated carbocycles. The highest BCUT2D eigenvalue weighted by atomic mass is 35.5. The summed E-state index contributed by atoms with van der Waals surface area (Å²) >= 11 is 6.13. The highest BCUT2D eigenvalue weighted by Gasteiger charge is 2.33. The molecule has 0 spiro atoms. The van der Waals surface area contributed by atoms with E-state index in [4.69, 9.17) is 22.4 Å². The molecule has 1 aliphatic rings. The Hall–Kier alpha value is -0.610. The summed E-state index contributed by atoms with van der Waals surface area (Å²) in [5.74, 6) is 0. The zero-order valence-corrected chi connectivity index (χ0v) is 12.9. The van der Waals surface area contributed by atoms with E-state index in [-0.39, 0.29) is 18.7 Å². The van der Waals surface area contributed by atoms with Crippen LogP contribution in [-0.2, 0) is 0 Å². The Bertz CT molecular complexity index is 425. The van der Waals surface area contributed by atoms with Crippen molar-refractivity contribution in [1.82, 2.24) is 4.90 Å². The van der Waals surface area contributed by atoms with Gasteiger partial charge in [0.05, 0.1) is 0 Å². The molecule has 0 bridgehead atoms. The Morgan fingerprint density at radius 1 is 1.50 bits per heavy atom. The van der Waals surface area contributed by atoms with Crippen molar-refractivity contribution in [3.05, 3.63) is 34.9 Å². The van der Waals surface area contributed by atoms with E-state index < -0.39 is 0 Å². The number of aliphatic hydroxyl groups is 1. The molecule has 4 heteroatoms. The smallest absolute Gasteiger partial charge is 0.0499 e. The Labute approximate surface area is 126 Å². The molecule has 20 heavy (non-hydrogen) atoms. The number of rotatable bonds is 6. The zero-order chi connectivity index (χ0) is 14.5. The quantitative estimate of drug-likeness (QED) is 0.848. The lowest BCUT2D eigenvalue weighted by Crippen LogP contribution is -2.42. The summed E-state index contributed by atoms with van der Waals surface area (Å²) in [6, 6.07) is 8.82. The van der Waals surface area contributed by atoms with Gasteiger partial charge < -0.3 is 10.8 Å². The lowest BCUT2D eigenvalue weighted by molar-refractivity contribution is 0.145. The number of hydrogen-bond acceptors (Lipinski definition) is 3. The van der Waals surface area contributed by atoms with Crippen LogP contribution < -0.4 is 5.73 Å². The van der Waals surface area contributed by atoms with Gasteiger partial charge in [-0.3, -0.25) is 4.90 Å². The summed E-state index contributed by atoms with van der Waals surface area (Å²) in [5, 5.41) is 9.82. The molecule has 1 aromatic carbocycles. The van der Waals surface area contributed by atoms with Crippen molar-refractivity contribution in [1.29, 1.82) is 0 Å². The van der Waals surface area contributed by atoms with Gasteiger partial charge in [-0.1, -0.05) is 23.7 Å². The van der Waals surface area contributed by atoms with E-state index in [1.54, 1.807) is 0 Å². The first kappa shape index (κ1) is 15.8. The molecule has 0 aromatic heterocycles. The molecule has 0 aliphatic carbocycles. The van der Waals surface area contributed by atoms with Crippen LogP contribution in [-0.4, -0.2) is 35.2 Å². The fourth-order valence-corrected chi connectivity index (χ4v) is 3.55. The van der Waals surface area contributed by atoms with Crippen LogP contribution in [0, 0.1) is 0 Å². The predicted octanol–water partition coefficient (Wildman–Crippen LogP) is 2.97. The third-order valence-corrected chi connectivity index (χ3v) is 4.40. The molecule has 3 nitrogen and oxygen atoms in total. The van der Waals surface area contributed by atoms with Gasteiger partial charge in [0, 0.05) is 29.8 Å². The van der Waals surface area contributed by atoms with Gasteiger partial charge in [0.25, 0.3) is 0 Å². The molecule has 2 rings (SSSR count). The van der Waals surface area contributed by atoms with Crippen molar-refractivity contribution >= 4 is 11.6 Å². The van der Waals surface area contributed by atoms with Gasteiger partial charge in [0.2, 0.25) is 0 Å². The van der Waals surface area contributed by atoms with Gasteiger partial charge in [-0.05, 0) is 56.8 Å². The third kappa shape index (κ3) is 3.73. The topological polar surface area (TPSA) is 49.5 Å². The van der Waals surface area contributed by atoms with Crippen molar-refractivity contribution in [3.63, 3.8) is 0 Å². The van der Waals surface area contributed by atoms with Crippen molar-refractivity contribution < 1.29 is 5.11 Å². The number of hydrogen-bond donors (Lipinski definition) is 2. The largest absolute Gasteiger partial charge is 0.396 e. The van der Waals surface area contributed by atoms with Crippen LogP contribution in [0.5, 0.6) is 0 Å². The van der Waals surface area contributed by atoms with Gasteiger partial charge in [-0.25, -0.2) is 0 Å². The second-order valence-electron chi connectivity index (χ2n) is 5.76. The molecule has 0 radical (unpaired) electrons. The minimum atomic E-state index is 0.0585. The van der Waals surface area contributed by atoms with E-state index >= 15 is 0 Å². The van der Waals surface area contributed by atoms with Crippen LogP contribution >= 0.6 is 11.6 Å². The van der Waals surface area contributed by atoms with Crippen LogP contribution in [0.3, 0.4) is 0 Å². The first-order valence-corrected chi connectivity index (χ1v) is 7.89. The molecular formula is C16H25ClN2O. The Kier molecular flexibility index (Phi) is 5.85. The summed E-state index contributed by atoms with van der Waals surface area (Å²) in [4.78, 5) is 2.51. The molecule has 0 amide bonds. The van der Waals surface area contributed by atoms with E-state index in [0.29, 0.717) is 6.04 Å². The monoisotopic (exact) mass is 296 g/mol. The fourth-order valence-electron chi connectivity index (χ4n) is 3.35. The number of halogens is 1. The molecule has 3 N–H and O–H groups in total. The molecule has 1 aromatic rings. The first-order valence-electron chi connectivity index (χ1n) is 7.51. The van der Waals surface area contributed by atoms with Crippen LogP contribution in [0.4, 0.5) is 0 Å². The average molecular weight is 297 g/mol. The normalized spacial score (nSPS) is 22.9. The average Bonchev–Trinajstić information content (AvgIpc) is 2.84. The van der Waals surface area contributed by atoms with E-state index in [9.17, 15) is 0 Å². The summed E-state index contributed by atoms with van der Waals surface area (Å²) in [5.41, 5.74) is 7.45. The van der Waals surface area contributed by atoms with Crippen LogP contribution in [0.25, 0.3) is 0 Å². The molecular weight excluding hydrogens is 272 g/mol. The molecule has 3 atom stereocenters. The minimum Gasteiger partial charge on any atom is -0.396 e. The Morgan fingerprint density at radius 3 is 2.95 bits per heavy atom. The molecule has 112 valence electrons. The lowest BCUT2D eigenvalue weighted by Gasteiger charge is -2.36. The molecule has 1 aliphatic heterocycles. The van der Waals surface area contributed by atoms with Gasteiger partial charge in [0.15, 0.2) is 0 Å². The SMILES string of the molecule is CC(N)C(c1cccc(Cl)c1)N1CCCC1CCCO. The molecule has 1 saturated heterocycles. The Balaban J connectivity index is 2.19. The lowest BCUT2D eigenvalue weighted by atomic mass is 9.97. The zero-order valence-electron chi connectivity index (χ0n) is 12.1. The van der Waals surface area contributed by atoms with Crippen LogP contribution in [0.15, 0.2) is 24.3 Å². The maximum absolute atomic E-state index is 9.05. The number of nitrogens with zero attached hydrogens (tertiary/aromatic N) is 1. The van der Waals surface area contributed by atoms with E-state index in [2.05, 4.69) is 17.9 Å². The van der Waals surface area contributed by atoms with E-state index in [1.807, 2.05) is 18.2 Å². The van der Waals surface area contributed by atoms with Crippen LogP contribution in [0.2, 0.25) is 5.02 Å². The third-order valence-electron chi connectivity index (χ3n) is 4.16. The minimum absolute atomic E-state index is 0.0585. The maximum Gasteiger partial charge on any atom is 0.0499 e. The number of nitrogens with two attached hydrogens (primary N) is 1. The van der Waals surface area contributed by atoms with Gasteiger partial charge in [-0.15, -0.1) is 0 Å². The molecule has 1 heterocycles. The van der Waals surface area contributed by atoms with Crippen molar-refractivity contribution in [3.8, 4) is 0 Å². The second-order valence-corrected chi connectivity index (χ2v) is 6.20.